The summed E-state index contributed by atoms with van der Waals surface area (Å²) in [5.74, 6) is 0.724. The third kappa shape index (κ3) is 3.32. The lowest BCUT2D eigenvalue weighted by molar-refractivity contribution is 0.600. The van der Waals surface area contributed by atoms with Crippen LogP contribution < -0.4 is 10.6 Å². The van der Waals surface area contributed by atoms with E-state index in [1.165, 1.54) is 25.7 Å². The molecule has 2 fully saturated rings. The molecule has 1 atom stereocenters. The van der Waals surface area contributed by atoms with Gasteiger partial charge in [-0.05, 0) is 62.1 Å². The van der Waals surface area contributed by atoms with Gasteiger partial charge in [0.2, 0.25) is 0 Å². The second-order valence-electron chi connectivity index (χ2n) is 6.49. The summed E-state index contributed by atoms with van der Waals surface area (Å²) in [5.41, 5.74) is 7.77. The van der Waals surface area contributed by atoms with Crippen molar-refractivity contribution >= 4 is 5.69 Å². The zero-order chi connectivity index (χ0) is 14.1. The molecule has 2 aliphatic rings. The maximum absolute atomic E-state index is 14.4. The minimum absolute atomic E-state index is 0.0710. The fourth-order valence-corrected chi connectivity index (χ4v) is 2.77. The number of hydrogen-bond acceptors (Lipinski definition) is 2. The second kappa shape index (κ2) is 5.72. The van der Waals surface area contributed by atoms with Crippen molar-refractivity contribution in [3.8, 4) is 0 Å². The molecule has 1 aromatic rings. The molecule has 0 amide bonds. The van der Waals surface area contributed by atoms with Crippen LogP contribution in [0.2, 0.25) is 0 Å². The van der Waals surface area contributed by atoms with E-state index in [2.05, 4.69) is 17.9 Å². The fourth-order valence-electron chi connectivity index (χ4n) is 2.77. The molecule has 2 aliphatic carbocycles. The molecule has 1 aromatic carbocycles. The zero-order valence-corrected chi connectivity index (χ0v) is 12.3. The third-order valence-electron chi connectivity index (χ3n) is 4.48. The van der Waals surface area contributed by atoms with Crippen molar-refractivity contribution in [2.45, 2.75) is 57.5 Å². The Kier molecular flexibility index (Phi) is 3.97. The highest BCUT2D eigenvalue weighted by molar-refractivity contribution is 5.51. The van der Waals surface area contributed by atoms with E-state index in [-0.39, 0.29) is 11.9 Å². The Morgan fingerprint density at radius 2 is 2.05 bits per heavy atom. The van der Waals surface area contributed by atoms with Crippen LogP contribution in [-0.2, 0) is 6.42 Å². The lowest BCUT2D eigenvalue weighted by atomic mass is 10.0. The van der Waals surface area contributed by atoms with Crippen molar-refractivity contribution in [1.82, 2.24) is 0 Å². The summed E-state index contributed by atoms with van der Waals surface area (Å²) < 4.78 is 14.4. The van der Waals surface area contributed by atoms with E-state index >= 15 is 0 Å². The normalized spacial score (nSPS) is 19.9. The number of hydrogen-bond donors (Lipinski definition) is 1. The topological polar surface area (TPSA) is 29.3 Å². The summed E-state index contributed by atoms with van der Waals surface area (Å²) in [6.07, 6.45) is 6.75. The number of nitrogens with two attached hydrogens (primary N) is 1. The molecule has 0 bridgehead atoms. The van der Waals surface area contributed by atoms with Crippen molar-refractivity contribution < 1.29 is 4.39 Å². The van der Waals surface area contributed by atoms with Gasteiger partial charge < -0.3 is 10.6 Å². The van der Waals surface area contributed by atoms with Gasteiger partial charge in [0.25, 0.3) is 0 Å². The van der Waals surface area contributed by atoms with Crippen molar-refractivity contribution in [2.75, 3.05) is 11.4 Å². The minimum atomic E-state index is -0.0710. The SMILES string of the molecule is CCC(N)Cc1ccc(N(CC2CC2)C2CC2)c(F)c1. The molecule has 1 unspecified atom stereocenters. The van der Waals surface area contributed by atoms with Gasteiger partial charge in [-0.1, -0.05) is 13.0 Å². The molecular weight excluding hydrogens is 251 g/mol. The third-order valence-corrected chi connectivity index (χ3v) is 4.48. The van der Waals surface area contributed by atoms with Crippen molar-refractivity contribution in [3.05, 3.63) is 29.6 Å². The standard InChI is InChI=1S/C17H25FN2/c1-2-14(19)9-13-5-8-17(16(18)10-13)20(15-6-7-15)11-12-3-4-12/h5,8,10,12,14-15H,2-4,6-7,9,11,19H2,1H3. The van der Waals surface area contributed by atoms with Gasteiger partial charge in [-0.15, -0.1) is 0 Å². The second-order valence-corrected chi connectivity index (χ2v) is 6.49. The predicted octanol–water partition coefficient (Wildman–Crippen LogP) is 3.48. The van der Waals surface area contributed by atoms with Gasteiger partial charge in [0.05, 0.1) is 5.69 Å². The first-order valence-corrected chi connectivity index (χ1v) is 7.98. The quantitative estimate of drug-likeness (QED) is 0.826. The average molecular weight is 276 g/mol. The summed E-state index contributed by atoms with van der Waals surface area (Å²) in [6.45, 7) is 3.11. The first-order chi connectivity index (χ1) is 9.67. The van der Waals surface area contributed by atoms with Crippen LogP contribution in [0.15, 0.2) is 18.2 Å². The van der Waals surface area contributed by atoms with Crippen LogP contribution in [0, 0.1) is 11.7 Å². The summed E-state index contributed by atoms with van der Waals surface area (Å²) in [6, 6.07) is 6.41. The van der Waals surface area contributed by atoms with Gasteiger partial charge in [0.1, 0.15) is 5.82 Å². The van der Waals surface area contributed by atoms with Crippen LogP contribution in [-0.4, -0.2) is 18.6 Å². The van der Waals surface area contributed by atoms with Gasteiger partial charge >= 0.3 is 0 Å². The number of rotatable bonds is 7. The molecule has 2 nitrogen and oxygen atoms in total. The Hall–Kier alpha value is -1.09. The maximum Gasteiger partial charge on any atom is 0.146 e. The molecular formula is C17H25FN2. The molecule has 0 heterocycles. The Bertz CT molecular complexity index is 466. The number of nitrogens with zero attached hydrogens (tertiary/aromatic N) is 1. The van der Waals surface area contributed by atoms with Gasteiger partial charge in [-0.3, -0.25) is 0 Å². The summed E-state index contributed by atoms with van der Waals surface area (Å²) >= 11 is 0. The van der Waals surface area contributed by atoms with E-state index < -0.39 is 0 Å². The largest absolute Gasteiger partial charge is 0.366 e. The highest BCUT2D eigenvalue weighted by Gasteiger charge is 2.34. The number of halogens is 1. The highest BCUT2D eigenvalue weighted by atomic mass is 19.1. The van der Waals surface area contributed by atoms with E-state index in [9.17, 15) is 4.39 Å². The predicted molar refractivity (Wildman–Crippen MR) is 81.5 cm³/mol. The molecule has 2 N–H and O–H groups in total. The molecule has 0 aliphatic heterocycles. The molecule has 0 saturated heterocycles. The average Bonchev–Trinajstić information content (AvgIpc) is 3.29. The Morgan fingerprint density at radius 3 is 2.60 bits per heavy atom. The molecule has 2 saturated carbocycles. The first kappa shape index (κ1) is 13.9. The van der Waals surface area contributed by atoms with Gasteiger partial charge in [-0.25, -0.2) is 4.39 Å². The van der Waals surface area contributed by atoms with E-state index in [1.807, 2.05) is 6.07 Å². The van der Waals surface area contributed by atoms with Crippen LogP contribution in [0.4, 0.5) is 10.1 Å². The van der Waals surface area contributed by atoms with E-state index in [0.717, 1.165) is 36.6 Å². The minimum Gasteiger partial charge on any atom is -0.366 e. The van der Waals surface area contributed by atoms with Crippen molar-refractivity contribution in [1.29, 1.82) is 0 Å². The lowest BCUT2D eigenvalue weighted by Crippen LogP contribution is -2.29. The van der Waals surface area contributed by atoms with Crippen LogP contribution in [0.5, 0.6) is 0 Å². The van der Waals surface area contributed by atoms with E-state index in [1.54, 1.807) is 6.07 Å². The van der Waals surface area contributed by atoms with E-state index in [4.69, 9.17) is 5.73 Å². The van der Waals surface area contributed by atoms with Crippen LogP contribution >= 0.6 is 0 Å². The molecule has 3 rings (SSSR count). The molecule has 3 heteroatoms. The van der Waals surface area contributed by atoms with Gasteiger partial charge in [0, 0.05) is 18.6 Å². The first-order valence-electron chi connectivity index (χ1n) is 7.98. The summed E-state index contributed by atoms with van der Waals surface area (Å²) in [4.78, 5) is 2.30. The summed E-state index contributed by atoms with van der Waals surface area (Å²) in [7, 11) is 0. The Balaban J connectivity index is 1.74. The Labute approximate surface area is 121 Å². The van der Waals surface area contributed by atoms with Crippen LogP contribution in [0.3, 0.4) is 0 Å². The van der Waals surface area contributed by atoms with Crippen LogP contribution in [0.25, 0.3) is 0 Å². The monoisotopic (exact) mass is 276 g/mol. The Morgan fingerprint density at radius 1 is 1.30 bits per heavy atom. The fraction of sp³-hybridized carbons (Fsp3) is 0.647. The number of anilines is 1. The zero-order valence-electron chi connectivity index (χ0n) is 12.3. The highest BCUT2D eigenvalue weighted by Crippen LogP contribution is 2.38. The van der Waals surface area contributed by atoms with Gasteiger partial charge in [0.15, 0.2) is 0 Å². The maximum atomic E-state index is 14.4. The summed E-state index contributed by atoms with van der Waals surface area (Å²) in [5, 5.41) is 0. The van der Waals surface area contributed by atoms with Gasteiger partial charge in [-0.2, -0.15) is 0 Å². The van der Waals surface area contributed by atoms with Crippen LogP contribution in [0.1, 0.15) is 44.6 Å². The van der Waals surface area contributed by atoms with Crippen molar-refractivity contribution in [2.24, 2.45) is 11.7 Å². The smallest absolute Gasteiger partial charge is 0.146 e. The van der Waals surface area contributed by atoms with E-state index in [0.29, 0.717) is 6.04 Å². The molecule has 0 radical (unpaired) electrons. The molecule has 0 spiro atoms. The molecule has 110 valence electrons. The molecule has 20 heavy (non-hydrogen) atoms. The molecule has 0 aromatic heterocycles. The lowest BCUT2D eigenvalue weighted by Gasteiger charge is -2.25. The van der Waals surface area contributed by atoms with Crippen molar-refractivity contribution in [3.63, 3.8) is 0 Å². The number of benzene rings is 1.